The summed E-state index contributed by atoms with van der Waals surface area (Å²) in [6.07, 6.45) is 5.24. The molecule has 2 heterocycles. The number of amides is 1. The molecule has 1 amide bonds. The molecule has 1 atom stereocenters. The molecule has 10 heteroatoms. The van der Waals surface area contributed by atoms with Gasteiger partial charge in [-0.2, -0.15) is 10.2 Å². The lowest BCUT2D eigenvalue weighted by Crippen LogP contribution is -2.26. The summed E-state index contributed by atoms with van der Waals surface area (Å²) in [5.41, 5.74) is 0.902. The third kappa shape index (κ3) is 4.76. The maximum atomic E-state index is 12.6. The van der Waals surface area contributed by atoms with Crippen molar-refractivity contribution in [2.24, 2.45) is 0 Å². The number of hydrogen-bond donors (Lipinski definition) is 1. The van der Waals surface area contributed by atoms with Gasteiger partial charge in [-0.25, -0.2) is 0 Å². The summed E-state index contributed by atoms with van der Waals surface area (Å²) >= 11 is 24.1. The van der Waals surface area contributed by atoms with Crippen LogP contribution in [0.3, 0.4) is 0 Å². The number of carbonyl (C=O) groups is 1. The predicted molar refractivity (Wildman–Crippen MR) is 108 cm³/mol. The summed E-state index contributed by atoms with van der Waals surface area (Å²) in [6.45, 7) is 2.31. The summed E-state index contributed by atoms with van der Waals surface area (Å²) < 4.78 is 3.13. The molecular weight excluding hydrogens is 432 g/mol. The number of nitrogens with one attached hydrogen (secondary N) is 1. The van der Waals surface area contributed by atoms with Gasteiger partial charge in [0, 0.05) is 12.4 Å². The quantitative estimate of drug-likeness (QED) is 0.556. The average molecular weight is 447 g/mol. The normalized spacial score (nSPS) is 12.2. The van der Waals surface area contributed by atoms with E-state index in [-0.39, 0.29) is 11.7 Å². The number of aromatic nitrogens is 4. The van der Waals surface area contributed by atoms with Crippen LogP contribution in [0.1, 0.15) is 24.9 Å². The molecule has 0 aliphatic rings. The standard InChI is InChI=1S/C17H15Cl4N5O/c1-2-15(26-8-11(18)6-22-26)17(27)23-16-14(21)9-25(24-16)7-10-3-4-12(19)13(20)5-10/h3-6,8-9,15H,2,7H2,1H3,(H,23,24,27). The van der Waals surface area contributed by atoms with Crippen molar-refractivity contribution in [3.8, 4) is 0 Å². The summed E-state index contributed by atoms with van der Waals surface area (Å²) in [4.78, 5) is 12.6. The van der Waals surface area contributed by atoms with Gasteiger partial charge in [0.2, 0.25) is 5.91 Å². The second-order valence-corrected chi connectivity index (χ2v) is 7.48. The second kappa shape index (κ2) is 8.52. The topological polar surface area (TPSA) is 64.7 Å². The Kier molecular flexibility index (Phi) is 6.32. The molecular formula is C17H15Cl4N5O. The van der Waals surface area contributed by atoms with Crippen molar-refractivity contribution in [2.75, 3.05) is 5.32 Å². The second-order valence-electron chi connectivity index (χ2n) is 5.82. The van der Waals surface area contributed by atoms with Crippen molar-refractivity contribution in [3.63, 3.8) is 0 Å². The van der Waals surface area contributed by atoms with E-state index in [2.05, 4.69) is 15.5 Å². The Morgan fingerprint density at radius 2 is 1.93 bits per heavy atom. The Morgan fingerprint density at radius 3 is 2.56 bits per heavy atom. The van der Waals surface area contributed by atoms with Crippen LogP contribution in [0.15, 0.2) is 36.8 Å². The maximum Gasteiger partial charge on any atom is 0.250 e. The largest absolute Gasteiger partial charge is 0.306 e. The van der Waals surface area contributed by atoms with Crippen LogP contribution in [0.25, 0.3) is 0 Å². The SMILES string of the molecule is CCC(C(=O)Nc1nn(Cc2ccc(Cl)c(Cl)c2)cc1Cl)n1cc(Cl)cn1. The van der Waals surface area contributed by atoms with Gasteiger partial charge in [0.15, 0.2) is 5.82 Å². The highest BCUT2D eigenvalue weighted by molar-refractivity contribution is 6.42. The van der Waals surface area contributed by atoms with E-state index in [1.165, 1.54) is 10.9 Å². The third-order valence-corrected chi connectivity index (χ3v) is 5.08. The number of rotatable bonds is 6. The molecule has 1 unspecified atom stereocenters. The van der Waals surface area contributed by atoms with Crippen molar-refractivity contribution in [2.45, 2.75) is 25.9 Å². The van der Waals surface area contributed by atoms with Crippen molar-refractivity contribution >= 4 is 58.1 Å². The summed E-state index contributed by atoms with van der Waals surface area (Å²) in [5.74, 6) is -0.00242. The minimum absolute atomic E-state index is 0.276. The number of hydrogen-bond acceptors (Lipinski definition) is 3. The van der Waals surface area contributed by atoms with Crippen LogP contribution in [-0.2, 0) is 11.3 Å². The minimum atomic E-state index is -0.520. The molecule has 6 nitrogen and oxygen atoms in total. The van der Waals surface area contributed by atoms with Gasteiger partial charge in [0.1, 0.15) is 11.1 Å². The molecule has 0 bridgehead atoms. The highest BCUT2D eigenvalue weighted by Crippen LogP contribution is 2.25. The molecule has 0 radical (unpaired) electrons. The number of anilines is 1. The van der Waals surface area contributed by atoms with Crippen LogP contribution < -0.4 is 5.32 Å². The Balaban J connectivity index is 1.73. The van der Waals surface area contributed by atoms with E-state index in [1.54, 1.807) is 29.2 Å². The molecule has 3 rings (SSSR count). The maximum absolute atomic E-state index is 12.6. The van der Waals surface area contributed by atoms with Gasteiger partial charge in [0.25, 0.3) is 0 Å². The molecule has 1 aromatic carbocycles. The zero-order valence-electron chi connectivity index (χ0n) is 14.2. The zero-order valence-corrected chi connectivity index (χ0v) is 17.2. The van der Waals surface area contributed by atoms with Gasteiger partial charge in [-0.15, -0.1) is 0 Å². The van der Waals surface area contributed by atoms with E-state index in [1.807, 2.05) is 13.0 Å². The predicted octanol–water partition coefficient (Wildman–Crippen LogP) is 5.33. The van der Waals surface area contributed by atoms with Gasteiger partial charge < -0.3 is 5.32 Å². The number of halogens is 4. The first-order valence-electron chi connectivity index (χ1n) is 8.04. The molecule has 2 aromatic heterocycles. The molecule has 1 N–H and O–H groups in total. The van der Waals surface area contributed by atoms with E-state index in [9.17, 15) is 4.79 Å². The van der Waals surface area contributed by atoms with Gasteiger partial charge in [-0.05, 0) is 24.1 Å². The zero-order chi connectivity index (χ0) is 19.6. The van der Waals surface area contributed by atoms with Crippen molar-refractivity contribution in [1.82, 2.24) is 19.6 Å². The van der Waals surface area contributed by atoms with Gasteiger partial charge in [0.05, 0.1) is 27.8 Å². The Labute approximate surface area is 176 Å². The molecule has 0 aliphatic heterocycles. The first kappa shape index (κ1) is 20.0. The fraction of sp³-hybridized carbons (Fsp3) is 0.235. The average Bonchev–Trinajstić information content (AvgIpc) is 3.18. The Hall–Kier alpha value is -1.73. The molecule has 0 spiro atoms. The Morgan fingerprint density at radius 1 is 1.15 bits per heavy atom. The van der Waals surface area contributed by atoms with E-state index < -0.39 is 6.04 Å². The van der Waals surface area contributed by atoms with Gasteiger partial charge in [-0.1, -0.05) is 59.4 Å². The summed E-state index contributed by atoms with van der Waals surface area (Å²) in [6, 6.07) is 4.80. The fourth-order valence-electron chi connectivity index (χ4n) is 2.57. The third-order valence-electron chi connectivity index (χ3n) is 3.87. The summed E-state index contributed by atoms with van der Waals surface area (Å²) in [5, 5.41) is 12.9. The number of benzene rings is 1. The van der Waals surface area contributed by atoms with Crippen molar-refractivity contribution in [1.29, 1.82) is 0 Å². The van der Waals surface area contributed by atoms with E-state index in [0.717, 1.165) is 5.56 Å². The van der Waals surface area contributed by atoms with E-state index >= 15 is 0 Å². The first-order valence-corrected chi connectivity index (χ1v) is 9.56. The lowest BCUT2D eigenvalue weighted by molar-refractivity contribution is -0.119. The van der Waals surface area contributed by atoms with Gasteiger partial charge in [-0.3, -0.25) is 14.2 Å². The molecule has 0 fully saturated rings. The molecule has 0 aliphatic carbocycles. The lowest BCUT2D eigenvalue weighted by Gasteiger charge is -2.14. The van der Waals surface area contributed by atoms with Crippen LogP contribution in [0, 0.1) is 0 Å². The smallest absolute Gasteiger partial charge is 0.250 e. The van der Waals surface area contributed by atoms with Crippen LogP contribution >= 0.6 is 46.4 Å². The van der Waals surface area contributed by atoms with Crippen LogP contribution in [0.2, 0.25) is 20.1 Å². The minimum Gasteiger partial charge on any atom is -0.306 e. The van der Waals surface area contributed by atoms with Crippen LogP contribution in [-0.4, -0.2) is 25.5 Å². The molecule has 0 saturated heterocycles. The summed E-state index contributed by atoms with van der Waals surface area (Å²) in [7, 11) is 0. The number of carbonyl (C=O) groups excluding carboxylic acids is 1. The lowest BCUT2D eigenvalue weighted by atomic mass is 10.2. The number of nitrogens with zero attached hydrogens (tertiary/aromatic N) is 4. The first-order chi connectivity index (χ1) is 12.9. The van der Waals surface area contributed by atoms with E-state index in [4.69, 9.17) is 46.4 Å². The highest BCUT2D eigenvalue weighted by atomic mass is 35.5. The van der Waals surface area contributed by atoms with Crippen molar-refractivity contribution in [3.05, 3.63) is 62.4 Å². The molecule has 0 saturated carbocycles. The van der Waals surface area contributed by atoms with E-state index in [0.29, 0.717) is 33.1 Å². The monoisotopic (exact) mass is 445 g/mol. The highest BCUT2D eigenvalue weighted by Gasteiger charge is 2.21. The van der Waals surface area contributed by atoms with Gasteiger partial charge >= 0.3 is 0 Å². The van der Waals surface area contributed by atoms with Crippen molar-refractivity contribution < 1.29 is 4.79 Å². The fourth-order valence-corrected chi connectivity index (χ4v) is 3.23. The van der Waals surface area contributed by atoms with Crippen LogP contribution in [0.4, 0.5) is 5.82 Å². The molecule has 142 valence electrons. The molecule has 27 heavy (non-hydrogen) atoms. The molecule has 3 aromatic rings. The Bertz CT molecular complexity index is 968. The van der Waals surface area contributed by atoms with Crippen LogP contribution in [0.5, 0.6) is 0 Å².